The fraction of sp³-hybridized carbons (Fsp3) is 0.231. The zero-order chi connectivity index (χ0) is 12.1. The molecule has 0 unspecified atom stereocenters. The molecule has 0 bridgehead atoms. The molecule has 1 amide bonds. The van der Waals surface area contributed by atoms with Gasteiger partial charge < -0.3 is 10.6 Å². The minimum absolute atomic E-state index is 0.00612. The molecule has 2 aromatic rings. The minimum Gasteiger partial charge on any atom is -0.376 e. The number of nitrogens with one attached hydrogen (secondary N) is 2. The Kier molecular flexibility index (Phi) is 3.55. The van der Waals surface area contributed by atoms with Gasteiger partial charge in [-0.25, -0.2) is 0 Å². The summed E-state index contributed by atoms with van der Waals surface area (Å²) < 4.78 is 0. The molecule has 0 fully saturated rings. The van der Waals surface area contributed by atoms with Crippen molar-refractivity contribution < 1.29 is 4.79 Å². The van der Waals surface area contributed by atoms with Crippen molar-refractivity contribution in [2.75, 3.05) is 18.4 Å². The highest BCUT2D eigenvalue weighted by Crippen LogP contribution is 2.20. The summed E-state index contributed by atoms with van der Waals surface area (Å²) >= 11 is 0. The molecule has 4 heteroatoms. The van der Waals surface area contributed by atoms with Crippen LogP contribution in [0.15, 0.2) is 36.5 Å². The third kappa shape index (κ3) is 2.72. The first-order valence-electron chi connectivity index (χ1n) is 5.65. The Morgan fingerprint density at radius 3 is 2.94 bits per heavy atom. The molecule has 1 aromatic heterocycles. The lowest BCUT2D eigenvalue weighted by Gasteiger charge is -2.08. The van der Waals surface area contributed by atoms with Gasteiger partial charge in [-0.15, -0.1) is 0 Å². The first-order valence-corrected chi connectivity index (χ1v) is 5.65. The maximum atomic E-state index is 11.4. The average Bonchev–Trinajstić information content (AvgIpc) is 2.36. The number of benzene rings is 1. The number of hydrogen-bond acceptors (Lipinski definition) is 3. The van der Waals surface area contributed by atoms with Crippen molar-refractivity contribution in [2.45, 2.75) is 6.92 Å². The molecule has 1 heterocycles. The van der Waals surface area contributed by atoms with Gasteiger partial charge in [0.15, 0.2) is 0 Å². The molecule has 0 saturated carbocycles. The summed E-state index contributed by atoms with van der Waals surface area (Å²) in [7, 11) is 0. The van der Waals surface area contributed by atoms with Crippen molar-refractivity contribution in [3.63, 3.8) is 0 Å². The van der Waals surface area contributed by atoms with Gasteiger partial charge in [-0.05, 0) is 19.1 Å². The lowest BCUT2D eigenvalue weighted by molar-refractivity contribution is -0.119. The molecule has 0 aliphatic rings. The molecule has 2 N–H and O–H groups in total. The summed E-state index contributed by atoms with van der Waals surface area (Å²) in [5.41, 5.74) is 1.86. The van der Waals surface area contributed by atoms with Gasteiger partial charge in [0.1, 0.15) is 0 Å². The first kappa shape index (κ1) is 11.4. The molecule has 0 aliphatic heterocycles. The number of rotatable bonds is 4. The van der Waals surface area contributed by atoms with Gasteiger partial charge in [0, 0.05) is 23.8 Å². The van der Waals surface area contributed by atoms with E-state index in [0.29, 0.717) is 6.54 Å². The normalized spacial score (nSPS) is 10.2. The second-order valence-electron chi connectivity index (χ2n) is 3.68. The monoisotopic (exact) mass is 229 g/mol. The summed E-state index contributed by atoms with van der Waals surface area (Å²) in [6.07, 6.45) is 1.74. The van der Waals surface area contributed by atoms with Gasteiger partial charge in [0.05, 0.1) is 12.1 Å². The van der Waals surface area contributed by atoms with Crippen LogP contribution in [-0.2, 0) is 4.79 Å². The molecule has 0 atom stereocenters. The molecule has 1 aromatic carbocycles. The van der Waals surface area contributed by atoms with Crippen LogP contribution in [0.3, 0.4) is 0 Å². The van der Waals surface area contributed by atoms with Crippen molar-refractivity contribution in [3.05, 3.63) is 36.5 Å². The minimum atomic E-state index is -0.00612. The number of pyridine rings is 1. The lowest BCUT2D eigenvalue weighted by atomic mass is 10.2. The van der Waals surface area contributed by atoms with Gasteiger partial charge >= 0.3 is 0 Å². The fourth-order valence-electron chi connectivity index (χ4n) is 1.69. The van der Waals surface area contributed by atoms with Crippen LogP contribution in [0.1, 0.15) is 6.92 Å². The average molecular weight is 229 g/mol. The van der Waals surface area contributed by atoms with Gasteiger partial charge in [0.2, 0.25) is 5.91 Å². The van der Waals surface area contributed by atoms with E-state index in [0.717, 1.165) is 16.6 Å². The molecule has 0 spiro atoms. The van der Waals surface area contributed by atoms with Crippen molar-refractivity contribution in [3.8, 4) is 0 Å². The Morgan fingerprint density at radius 1 is 1.29 bits per heavy atom. The molecule has 2 rings (SSSR count). The van der Waals surface area contributed by atoms with Crippen molar-refractivity contribution in [1.29, 1.82) is 0 Å². The molecule has 0 saturated heterocycles. The van der Waals surface area contributed by atoms with E-state index in [4.69, 9.17) is 0 Å². The second kappa shape index (κ2) is 5.30. The number of anilines is 1. The van der Waals surface area contributed by atoms with Crippen LogP contribution in [0.2, 0.25) is 0 Å². The summed E-state index contributed by atoms with van der Waals surface area (Å²) in [5.74, 6) is -0.00612. The van der Waals surface area contributed by atoms with Gasteiger partial charge in [-0.2, -0.15) is 0 Å². The Morgan fingerprint density at radius 2 is 2.12 bits per heavy atom. The number of carbonyl (C=O) groups is 1. The molecule has 17 heavy (non-hydrogen) atoms. The second-order valence-corrected chi connectivity index (χ2v) is 3.68. The van der Waals surface area contributed by atoms with E-state index in [2.05, 4.69) is 15.6 Å². The van der Waals surface area contributed by atoms with E-state index in [9.17, 15) is 4.79 Å². The van der Waals surface area contributed by atoms with Crippen LogP contribution in [-0.4, -0.2) is 24.0 Å². The number of carbonyl (C=O) groups excluding carboxylic acids is 1. The highest BCUT2D eigenvalue weighted by atomic mass is 16.1. The maximum Gasteiger partial charge on any atom is 0.239 e. The molecular weight excluding hydrogens is 214 g/mol. The van der Waals surface area contributed by atoms with E-state index in [1.807, 2.05) is 37.3 Å². The Hall–Kier alpha value is -2.10. The molecular formula is C13H15N3O. The number of likely N-dealkylation sites (N-methyl/N-ethyl adjacent to an activating group) is 1. The SMILES string of the molecule is CCNC(=O)CNc1ccnc2ccccc12. The Bertz CT molecular complexity index is 520. The number of amides is 1. The van der Waals surface area contributed by atoms with Gasteiger partial charge in [0.25, 0.3) is 0 Å². The van der Waals surface area contributed by atoms with Crippen molar-refractivity contribution >= 4 is 22.5 Å². The van der Waals surface area contributed by atoms with Crippen LogP contribution in [0.25, 0.3) is 10.9 Å². The van der Waals surface area contributed by atoms with E-state index in [1.54, 1.807) is 6.20 Å². The predicted molar refractivity (Wildman–Crippen MR) is 68.9 cm³/mol. The largest absolute Gasteiger partial charge is 0.376 e. The first-order chi connectivity index (χ1) is 8.31. The molecule has 0 aliphatic carbocycles. The summed E-state index contributed by atoms with van der Waals surface area (Å²) in [5, 5.41) is 6.89. The Balaban J connectivity index is 2.16. The molecule has 0 radical (unpaired) electrons. The maximum absolute atomic E-state index is 11.4. The topological polar surface area (TPSA) is 54.0 Å². The molecule has 88 valence electrons. The number of para-hydroxylation sites is 1. The number of fused-ring (bicyclic) bond motifs is 1. The van der Waals surface area contributed by atoms with E-state index < -0.39 is 0 Å². The summed E-state index contributed by atoms with van der Waals surface area (Å²) in [6, 6.07) is 9.72. The Labute approximate surface area is 100 Å². The fourth-order valence-corrected chi connectivity index (χ4v) is 1.69. The zero-order valence-electron chi connectivity index (χ0n) is 9.73. The van der Waals surface area contributed by atoms with Crippen molar-refractivity contribution in [2.24, 2.45) is 0 Å². The number of aromatic nitrogens is 1. The summed E-state index contributed by atoms with van der Waals surface area (Å²) in [6.45, 7) is 2.83. The number of hydrogen-bond donors (Lipinski definition) is 2. The smallest absolute Gasteiger partial charge is 0.239 e. The van der Waals surface area contributed by atoms with Gasteiger partial charge in [-0.1, -0.05) is 18.2 Å². The van der Waals surface area contributed by atoms with Crippen LogP contribution in [0.4, 0.5) is 5.69 Å². The van der Waals surface area contributed by atoms with Crippen LogP contribution >= 0.6 is 0 Å². The van der Waals surface area contributed by atoms with Crippen LogP contribution in [0.5, 0.6) is 0 Å². The van der Waals surface area contributed by atoms with Crippen molar-refractivity contribution in [1.82, 2.24) is 10.3 Å². The summed E-state index contributed by atoms with van der Waals surface area (Å²) in [4.78, 5) is 15.6. The van der Waals surface area contributed by atoms with Gasteiger partial charge in [-0.3, -0.25) is 9.78 Å². The highest BCUT2D eigenvalue weighted by Gasteiger charge is 2.02. The third-order valence-electron chi connectivity index (χ3n) is 2.46. The van der Waals surface area contributed by atoms with Crippen LogP contribution in [0, 0.1) is 0 Å². The molecule has 4 nitrogen and oxygen atoms in total. The highest BCUT2D eigenvalue weighted by molar-refractivity contribution is 5.92. The quantitative estimate of drug-likeness (QED) is 0.840. The lowest BCUT2D eigenvalue weighted by Crippen LogP contribution is -2.29. The van der Waals surface area contributed by atoms with E-state index >= 15 is 0 Å². The zero-order valence-corrected chi connectivity index (χ0v) is 9.73. The van der Waals surface area contributed by atoms with E-state index in [1.165, 1.54) is 0 Å². The standard InChI is InChI=1S/C13H15N3O/c1-2-14-13(17)9-16-12-7-8-15-11-6-4-3-5-10(11)12/h3-8H,2,9H2,1H3,(H,14,17)(H,15,16). The van der Waals surface area contributed by atoms with Crippen LogP contribution < -0.4 is 10.6 Å². The number of nitrogens with zero attached hydrogens (tertiary/aromatic N) is 1. The predicted octanol–water partition coefficient (Wildman–Crippen LogP) is 1.78. The third-order valence-corrected chi connectivity index (χ3v) is 2.46. The van der Waals surface area contributed by atoms with E-state index in [-0.39, 0.29) is 12.5 Å².